The maximum Gasteiger partial charge on any atom is 0.274 e. The monoisotopic (exact) mass is 393 g/mol. The normalized spacial score (nSPS) is 10.1. The Hall–Kier alpha value is -3.63. The molecule has 0 fully saturated rings. The van der Waals surface area contributed by atoms with Crippen LogP contribution in [0.15, 0.2) is 48.5 Å². The summed E-state index contributed by atoms with van der Waals surface area (Å²) < 4.78 is 5.30. The summed E-state index contributed by atoms with van der Waals surface area (Å²) in [7, 11) is 1.54. The summed E-state index contributed by atoms with van der Waals surface area (Å²) in [4.78, 5) is 21.2. The standard InChI is InChI=1S/C20H16ClN5O2/c1-12-9-17(19(27)24-15-6-4-3-5-13(15)11-22)26-20(23-12)25-16-10-14(21)7-8-18(16)28-2/h3-10H,1-2H3,(H,24,27)(H,23,25,26). The van der Waals surface area contributed by atoms with E-state index in [0.717, 1.165) is 0 Å². The SMILES string of the molecule is COc1ccc(Cl)cc1Nc1nc(C)cc(C(=O)Nc2ccccc2C#N)n1. The second kappa shape index (κ2) is 8.37. The summed E-state index contributed by atoms with van der Waals surface area (Å²) in [5.41, 5.74) is 2.10. The van der Waals surface area contributed by atoms with Crippen LogP contribution in [0.2, 0.25) is 5.02 Å². The Kier molecular flexibility index (Phi) is 5.72. The van der Waals surface area contributed by atoms with Crippen molar-refractivity contribution in [1.29, 1.82) is 5.26 Å². The van der Waals surface area contributed by atoms with Crippen molar-refractivity contribution in [3.63, 3.8) is 0 Å². The Labute approximate surface area is 167 Å². The summed E-state index contributed by atoms with van der Waals surface area (Å²) >= 11 is 6.05. The van der Waals surface area contributed by atoms with Gasteiger partial charge in [-0.05, 0) is 43.3 Å². The molecular formula is C20H16ClN5O2. The molecule has 2 N–H and O–H groups in total. The lowest BCUT2D eigenvalue weighted by Crippen LogP contribution is -2.16. The van der Waals surface area contributed by atoms with Crippen LogP contribution in [0.3, 0.4) is 0 Å². The fraction of sp³-hybridized carbons (Fsp3) is 0.100. The fourth-order valence-electron chi connectivity index (χ4n) is 2.52. The first-order valence-electron chi connectivity index (χ1n) is 8.27. The van der Waals surface area contributed by atoms with E-state index in [1.807, 2.05) is 6.07 Å². The minimum Gasteiger partial charge on any atom is -0.495 e. The molecule has 1 aromatic heterocycles. The number of hydrogen-bond donors (Lipinski definition) is 2. The molecule has 3 rings (SSSR count). The summed E-state index contributed by atoms with van der Waals surface area (Å²) in [5.74, 6) is 0.331. The second-order valence-corrected chi connectivity index (χ2v) is 6.24. The number of methoxy groups -OCH3 is 1. The van der Waals surface area contributed by atoms with Gasteiger partial charge in [0.15, 0.2) is 0 Å². The Bertz CT molecular complexity index is 1080. The molecule has 0 bridgehead atoms. The molecule has 0 aliphatic rings. The van der Waals surface area contributed by atoms with Gasteiger partial charge in [-0.15, -0.1) is 0 Å². The first-order valence-corrected chi connectivity index (χ1v) is 8.64. The molecule has 28 heavy (non-hydrogen) atoms. The van der Waals surface area contributed by atoms with Crippen LogP contribution < -0.4 is 15.4 Å². The van der Waals surface area contributed by atoms with Gasteiger partial charge < -0.3 is 15.4 Å². The topological polar surface area (TPSA) is 99.9 Å². The summed E-state index contributed by atoms with van der Waals surface area (Å²) in [5, 5.41) is 15.4. The van der Waals surface area contributed by atoms with E-state index in [2.05, 4.69) is 20.6 Å². The van der Waals surface area contributed by atoms with Gasteiger partial charge in [0.25, 0.3) is 5.91 Å². The van der Waals surface area contributed by atoms with Crippen molar-refractivity contribution in [3.05, 3.63) is 70.5 Å². The molecule has 1 heterocycles. The van der Waals surface area contributed by atoms with Gasteiger partial charge >= 0.3 is 0 Å². The number of halogens is 1. The first-order chi connectivity index (χ1) is 13.5. The van der Waals surface area contributed by atoms with Gasteiger partial charge in [-0.1, -0.05) is 23.7 Å². The number of benzene rings is 2. The van der Waals surface area contributed by atoms with Gasteiger partial charge in [0.2, 0.25) is 5.95 Å². The zero-order valence-corrected chi connectivity index (χ0v) is 15.9. The van der Waals surface area contributed by atoms with Crippen molar-refractivity contribution in [2.75, 3.05) is 17.7 Å². The highest BCUT2D eigenvalue weighted by molar-refractivity contribution is 6.31. The number of amides is 1. The number of rotatable bonds is 5. The van der Waals surface area contributed by atoms with Crippen LogP contribution in [0.1, 0.15) is 21.7 Å². The number of carbonyl (C=O) groups excluding carboxylic acids is 1. The van der Waals surface area contributed by atoms with E-state index < -0.39 is 5.91 Å². The molecule has 0 unspecified atom stereocenters. The van der Waals surface area contributed by atoms with Gasteiger partial charge in [0.05, 0.1) is 24.0 Å². The zero-order chi connectivity index (χ0) is 20.1. The Morgan fingerprint density at radius 2 is 1.93 bits per heavy atom. The average Bonchev–Trinajstić information content (AvgIpc) is 2.68. The Morgan fingerprint density at radius 3 is 2.68 bits per heavy atom. The van der Waals surface area contributed by atoms with Crippen molar-refractivity contribution in [3.8, 4) is 11.8 Å². The molecule has 8 heteroatoms. The van der Waals surface area contributed by atoms with Gasteiger partial charge in [-0.2, -0.15) is 5.26 Å². The smallest absolute Gasteiger partial charge is 0.274 e. The number of nitrogens with zero attached hydrogens (tertiary/aromatic N) is 3. The minimum atomic E-state index is -0.450. The van der Waals surface area contributed by atoms with E-state index in [1.54, 1.807) is 55.5 Å². The van der Waals surface area contributed by atoms with Gasteiger partial charge in [0.1, 0.15) is 17.5 Å². The van der Waals surface area contributed by atoms with Crippen LogP contribution in [0, 0.1) is 18.3 Å². The third-order valence-corrected chi connectivity index (χ3v) is 4.03. The van der Waals surface area contributed by atoms with E-state index in [9.17, 15) is 4.79 Å². The molecule has 1 amide bonds. The zero-order valence-electron chi connectivity index (χ0n) is 15.2. The third-order valence-electron chi connectivity index (χ3n) is 3.79. The maximum absolute atomic E-state index is 12.6. The highest BCUT2D eigenvalue weighted by atomic mass is 35.5. The number of anilines is 3. The number of aryl methyl sites for hydroxylation is 1. The molecule has 0 saturated heterocycles. The number of nitriles is 1. The van der Waals surface area contributed by atoms with Gasteiger partial charge in [-0.3, -0.25) is 4.79 Å². The van der Waals surface area contributed by atoms with Crippen molar-refractivity contribution in [1.82, 2.24) is 9.97 Å². The number of nitrogens with one attached hydrogen (secondary N) is 2. The lowest BCUT2D eigenvalue weighted by atomic mass is 10.2. The quantitative estimate of drug-likeness (QED) is 0.669. The van der Waals surface area contributed by atoms with Gasteiger partial charge in [0, 0.05) is 10.7 Å². The molecule has 0 atom stereocenters. The molecule has 0 spiro atoms. The molecule has 0 saturated carbocycles. The predicted molar refractivity (Wildman–Crippen MR) is 107 cm³/mol. The number of hydrogen-bond acceptors (Lipinski definition) is 6. The number of carbonyl (C=O) groups is 1. The number of ether oxygens (including phenoxy) is 1. The van der Waals surface area contributed by atoms with Crippen LogP contribution in [0.25, 0.3) is 0 Å². The summed E-state index contributed by atoms with van der Waals surface area (Å²) in [6.45, 7) is 1.75. The van der Waals surface area contributed by atoms with E-state index in [4.69, 9.17) is 21.6 Å². The van der Waals surface area contributed by atoms with Crippen LogP contribution in [0.4, 0.5) is 17.3 Å². The molecule has 0 radical (unpaired) electrons. The van der Waals surface area contributed by atoms with Crippen LogP contribution in [-0.4, -0.2) is 23.0 Å². The molecule has 2 aromatic carbocycles. The van der Waals surface area contributed by atoms with Crippen molar-refractivity contribution in [2.24, 2.45) is 0 Å². The van der Waals surface area contributed by atoms with Crippen LogP contribution in [-0.2, 0) is 0 Å². The molecule has 0 aliphatic carbocycles. The molecule has 3 aromatic rings. The lowest BCUT2D eigenvalue weighted by Gasteiger charge is -2.12. The van der Waals surface area contributed by atoms with Crippen LogP contribution >= 0.6 is 11.6 Å². The summed E-state index contributed by atoms with van der Waals surface area (Å²) in [6.07, 6.45) is 0. The van der Waals surface area contributed by atoms with E-state index in [1.165, 1.54) is 7.11 Å². The van der Waals surface area contributed by atoms with Crippen molar-refractivity contribution < 1.29 is 9.53 Å². The van der Waals surface area contributed by atoms with E-state index in [-0.39, 0.29) is 11.6 Å². The first kappa shape index (κ1) is 19.1. The molecule has 140 valence electrons. The number of para-hydroxylation sites is 1. The highest BCUT2D eigenvalue weighted by Crippen LogP contribution is 2.29. The maximum atomic E-state index is 12.6. The molecule has 7 nitrogen and oxygen atoms in total. The van der Waals surface area contributed by atoms with Gasteiger partial charge in [-0.25, -0.2) is 9.97 Å². The fourth-order valence-corrected chi connectivity index (χ4v) is 2.69. The second-order valence-electron chi connectivity index (χ2n) is 5.80. The third kappa shape index (κ3) is 4.37. The van der Waals surface area contributed by atoms with Crippen molar-refractivity contribution in [2.45, 2.75) is 6.92 Å². The average molecular weight is 394 g/mol. The Morgan fingerprint density at radius 1 is 1.14 bits per heavy atom. The number of aromatic nitrogens is 2. The lowest BCUT2D eigenvalue weighted by molar-refractivity contribution is 0.102. The van der Waals surface area contributed by atoms with E-state index in [0.29, 0.717) is 33.4 Å². The molecule has 0 aliphatic heterocycles. The predicted octanol–water partition coefficient (Wildman–Crippen LogP) is 4.31. The largest absolute Gasteiger partial charge is 0.495 e. The highest BCUT2D eigenvalue weighted by Gasteiger charge is 2.14. The van der Waals surface area contributed by atoms with E-state index >= 15 is 0 Å². The summed E-state index contributed by atoms with van der Waals surface area (Å²) in [6, 6.07) is 15.4. The minimum absolute atomic E-state index is 0.156. The Balaban J connectivity index is 1.88. The van der Waals surface area contributed by atoms with Crippen LogP contribution in [0.5, 0.6) is 5.75 Å². The van der Waals surface area contributed by atoms with Crippen molar-refractivity contribution >= 4 is 34.8 Å². The molecular weight excluding hydrogens is 378 g/mol.